The Labute approximate surface area is 164 Å². The summed E-state index contributed by atoms with van der Waals surface area (Å²) in [6.07, 6.45) is 3.53. The first-order valence-corrected chi connectivity index (χ1v) is 9.15. The molecule has 0 aliphatic heterocycles. The van der Waals surface area contributed by atoms with Crippen LogP contribution in [-0.2, 0) is 0 Å². The largest absolute Gasteiger partial charge is 0.366 e. The highest BCUT2D eigenvalue weighted by Gasteiger charge is 2.18. The summed E-state index contributed by atoms with van der Waals surface area (Å²) < 4.78 is 0. The van der Waals surface area contributed by atoms with Crippen molar-refractivity contribution in [2.24, 2.45) is 5.73 Å². The van der Waals surface area contributed by atoms with E-state index in [2.05, 4.69) is 48.1 Å². The summed E-state index contributed by atoms with van der Waals surface area (Å²) in [5.74, 6) is -0.437. The van der Waals surface area contributed by atoms with E-state index in [1.54, 1.807) is 18.5 Å². The predicted octanol–water partition coefficient (Wildman–Crippen LogP) is 5.13. The predicted molar refractivity (Wildman–Crippen MR) is 113 cm³/mol. The van der Waals surface area contributed by atoms with Crippen LogP contribution in [0.3, 0.4) is 0 Å². The highest BCUT2D eigenvalue weighted by molar-refractivity contribution is 6.02. The molecule has 0 atom stereocenters. The van der Waals surface area contributed by atoms with Crippen molar-refractivity contribution in [2.75, 3.05) is 0 Å². The third-order valence-electron chi connectivity index (χ3n) is 5.09. The smallest absolute Gasteiger partial charge is 0.249 e. The SMILES string of the molecule is Cc1ccc(-c2[nH]c(-c3ccncc3)cc2-c2ccccc2C(N)=O)cc1C. The summed E-state index contributed by atoms with van der Waals surface area (Å²) in [5.41, 5.74) is 14.4. The van der Waals surface area contributed by atoms with Gasteiger partial charge in [0.05, 0.1) is 5.69 Å². The molecule has 4 nitrogen and oxygen atoms in total. The van der Waals surface area contributed by atoms with E-state index >= 15 is 0 Å². The van der Waals surface area contributed by atoms with Crippen LogP contribution in [0.25, 0.3) is 33.6 Å². The lowest BCUT2D eigenvalue weighted by Gasteiger charge is -2.10. The van der Waals surface area contributed by atoms with Gasteiger partial charge in [-0.15, -0.1) is 0 Å². The standard InChI is InChI=1S/C24H21N3O/c1-15-7-8-18(13-16(15)2)23-21(19-5-3-4-6-20(19)24(25)28)14-22(27-23)17-9-11-26-12-10-17/h3-14,27H,1-2H3,(H2,25,28). The number of nitrogens with one attached hydrogen (secondary N) is 1. The van der Waals surface area contributed by atoms with Crippen LogP contribution in [0.1, 0.15) is 21.5 Å². The number of aromatic nitrogens is 2. The number of nitrogens with zero attached hydrogens (tertiary/aromatic N) is 1. The second-order valence-corrected chi connectivity index (χ2v) is 6.92. The van der Waals surface area contributed by atoms with Crippen molar-refractivity contribution in [1.82, 2.24) is 9.97 Å². The molecule has 4 heteroatoms. The molecule has 2 aromatic carbocycles. The zero-order valence-electron chi connectivity index (χ0n) is 15.9. The molecule has 1 amide bonds. The van der Waals surface area contributed by atoms with Crippen LogP contribution in [0.5, 0.6) is 0 Å². The topological polar surface area (TPSA) is 71.8 Å². The molecule has 4 rings (SSSR count). The second kappa shape index (κ2) is 7.16. The van der Waals surface area contributed by atoms with E-state index in [0.29, 0.717) is 5.56 Å². The molecule has 2 heterocycles. The minimum atomic E-state index is -0.437. The van der Waals surface area contributed by atoms with Crippen molar-refractivity contribution in [2.45, 2.75) is 13.8 Å². The van der Waals surface area contributed by atoms with Crippen molar-refractivity contribution in [3.63, 3.8) is 0 Å². The lowest BCUT2D eigenvalue weighted by molar-refractivity contribution is 0.100. The lowest BCUT2D eigenvalue weighted by Crippen LogP contribution is -2.12. The highest BCUT2D eigenvalue weighted by Crippen LogP contribution is 2.37. The number of benzene rings is 2. The van der Waals surface area contributed by atoms with Crippen molar-refractivity contribution >= 4 is 5.91 Å². The number of carbonyl (C=O) groups excluding carboxylic acids is 1. The van der Waals surface area contributed by atoms with Gasteiger partial charge in [0.2, 0.25) is 5.91 Å². The fourth-order valence-corrected chi connectivity index (χ4v) is 3.41. The van der Waals surface area contributed by atoms with Crippen LogP contribution in [0.2, 0.25) is 0 Å². The van der Waals surface area contributed by atoms with E-state index in [4.69, 9.17) is 5.73 Å². The third kappa shape index (κ3) is 3.21. The lowest BCUT2D eigenvalue weighted by atomic mass is 9.95. The molecule has 0 radical (unpaired) electrons. The number of aryl methyl sites for hydroxylation is 2. The molecule has 0 aliphatic carbocycles. The fraction of sp³-hybridized carbons (Fsp3) is 0.0833. The number of aromatic amines is 1. The number of pyridine rings is 1. The quantitative estimate of drug-likeness (QED) is 0.525. The first kappa shape index (κ1) is 17.7. The van der Waals surface area contributed by atoms with Crippen molar-refractivity contribution in [1.29, 1.82) is 0 Å². The van der Waals surface area contributed by atoms with Gasteiger partial charge in [-0.25, -0.2) is 0 Å². The maximum absolute atomic E-state index is 12.0. The molecule has 0 aliphatic rings. The summed E-state index contributed by atoms with van der Waals surface area (Å²) in [7, 11) is 0. The Morgan fingerprint density at radius 2 is 1.61 bits per heavy atom. The minimum Gasteiger partial charge on any atom is -0.366 e. The van der Waals surface area contributed by atoms with Gasteiger partial charge in [-0.3, -0.25) is 9.78 Å². The van der Waals surface area contributed by atoms with E-state index in [1.165, 1.54) is 11.1 Å². The van der Waals surface area contributed by atoms with Gasteiger partial charge in [-0.2, -0.15) is 0 Å². The first-order chi connectivity index (χ1) is 13.5. The number of hydrogen-bond donors (Lipinski definition) is 2. The van der Waals surface area contributed by atoms with Gasteiger partial charge in [0, 0.05) is 34.8 Å². The minimum absolute atomic E-state index is 0.437. The summed E-state index contributed by atoms with van der Waals surface area (Å²) >= 11 is 0. The molecule has 0 spiro atoms. The Kier molecular flexibility index (Phi) is 4.53. The normalized spacial score (nSPS) is 10.8. The molecular weight excluding hydrogens is 346 g/mol. The Morgan fingerprint density at radius 1 is 0.857 bits per heavy atom. The monoisotopic (exact) mass is 367 g/mol. The van der Waals surface area contributed by atoms with Crippen LogP contribution in [0.15, 0.2) is 73.1 Å². The van der Waals surface area contributed by atoms with E-state index in [-0.39, 0.29) is 0 Å². The Morgan fingerprint density at radius 3 is 2.32 bits per heavy atom. The average Bonchev–Trinajstić information content (AvgIpc) is 3.16. The second-order valence-electron chi connectivity index (χ2n) is 6.92. The number of rotatable bonds is 4. The number of H-pyrrole nitrogens is 1. The third-order valence-corrected chi connectivity index (χ3v) is 5.09. The van der Waals surface area contributed by atoms with Crippen LogP contribution >= 0.6 is 0 Å². The highest BCUT2D eigenvalue weighted by atomic mass is 16.1. The molecule has 3 N–H and O–H groups in total. The van der Waals surface area contributed by atoms with Gasteiger partial charge in [0.25, 0.3) is 0 Å². The molecule has 0 bridgehead atoms. The molecule has 2 aromatic heterocycles. The van der Waals surface area contributed by atoms with Gasteiger partial charge < -0.3 is 10.7 Å². The molecule has 0 saturated heterocycles. The Balaban J connectivity index is 1.98. The van der Waals surface area contributed by atoms with Gasteiger partial charge in [-0.05, 0) is 66.4 Å². The molecule has 28 heavy (non-hydrogen) atoms. The van der Waals surface area contributed by atoms with Crippen molar-refractivity contribution < 1.29 is 4.79 Å². The number of primary amides is 1. The summed E-state index contributed by atoms with van der Waals surface area (Å²) in [6.45, 7) is 4.20. The fourth-order valence-electron chi connectivity index (χ4n) is 3.41. The van der Waals surface area contributed by atoms with E-state index in [9.17, 15) is 4.79 Å². The van der Waals surface area contributed by atoms with Crippen LogP contribution in [0, 0.1) is 13.8 Å². The van der Waals surface area contributed by atoms with Crippen molar-refractivity contribution in [3.05, 3.63) is 89.7 Å². The number of carbonyl (C=O) groups is 1. The van der Waals surface area contributed by atoms with Crippen LogP contribution in [-0.4, -0.2) is 15.9 Å². The molecular formula is C24H21N3O. The number of amides is 1. The van der Waals surface area contributed by atoms with Gasteiger partial charge in [-0.1, -0.05) is 30.3 Å². The van der Waals surface area contributed by atoms with E-state index < -0.39 is 5.91 Å². The molecule has 0 unspecified atom stereocenters. The van der Waals surface area contributed by atoms with E-state index in [0.717, 1.165) is 33.6 Å². The van der Waals surface area contributed by atoms with Gasteiger partial charge in [0.15, 0.2) is 0 Å². The summed E-state index contributed by atoms with van der Waals surface area (Å²) in [5, 5.41) is 0. The Hall–Kier alpha value is -3.66. The average molecular weight is 367 g/mol. The van der Waals surface area contributed by atoms with Crippen molar-refractivity contribution in [3.8, 4) is 33.6 Å². The maximum atomic E-state index is 12.0. The van der Waals surface area contributed by atoms with Gasteiger partial charge in [0.1, 0.15) is 0 Å². The van der Waals surface area contributed by atoms with E-state index in [1.807, 2.05) is 30.3 Å². The van der Waals surface area contributed by atoms with Crippen LogP contribution in [0.4, 0.5) is 0 Å². The number of hydrogen-bond acceptors (Lipinski definition) is 2. The first-order valence-electron chi connectivity index (χ1n) is 9.15. The molecule has 4 aromatic rings. The Bertz CT molecular complexity index is 1160. The summed E-state index contributed by atoms with van der Waals surface area (Å²) in [6, 6.07) is 19.8. The summed E-state index contributed by atoms with van der Waals surface area (Å²) in [4.78, 5) is 19.7. The number of nitrogens with two attached hydrogens (primary N) is 1. The van der Waals surface area contributed by atoms with Gasteiger partial charge >= 0.3 is 0 Å². The zero-order chi connectivity index (χ0) is 19.7. The molecule has 0 saturated carbocycles. The molecule has 138 valence electrons. The molecule has 0 fully saturated rings. The van der Waals surface area contributed by atoms with Crippen LogP contribution < -0.4 is 5.73 Å². The maximum Gasteiger partial charge on any atom is 0.249 e. The zero-order valence-corrected chi connectivity index (χ0v) is 15.9.